The molecule has 3 nitrogen and oxygen atoms in total. The lowest BCUT2D eigenvalue weighted by Gasteiger charge is -2.27. The highest BCUT2D eigenvalue weighted by molar-refractivity contribution is 5.14. The van der Waals surface area contributed by atoms with E-state index in [4.69, 9.17) is 4.79 Å². The van der Waals surface area contributed by atoms with Crippen molar-refractivity contribution in [2.24, 2.45) is 0 Å². The van der Waals surface area contributed by atoms with E-state index in [1.165, 1.54) is 18.7 Å². The molecule has 0 radical (unpaired) electrons. The summed E-state index contributed by atoms with van der Waals surface area (Å²) >= 11 is 0. The molecule has 0 saturated carbocycles. The maximum Gasteiger partial charge on any atom is 0.106 e. The van der Waals surface area contributed by atoms with Gasteiger partial charge < -0.3 is 10.1 Å². The standard InChI is InChI=1S/C11H16N2.CH2O/c1-2-4-11(5-3-1)10-13-8-6-12-7-9-13;1-2/h1-5,12H,6-10H2;1H2. The Kier molecular flexibility index (Phi) is 5.66. The predicted octanol–water partition coefficient (Wildman–Crippen LogP) is 0.907. The average Bonchev–Trinajstić information content (AvgIpc) is 2.34. The van der Waals surface area contributed by atoms with Gasteiger partial charge in [-0.3, -0.25) is 4.90 Å². The Bertz CT molecular complexity index is 258. The molecule has 1 aliphatic rings. The second-order valence-corrected chi connectivity index (χ2v) is 3.51. The Morgan fingerprint density at radius 3 is 2.33 bits per heavy atom. The van der Waals surface area contributed by atoms with Crippen LogP contribution in [0.25, 0.3) is 0 Å². The molecule has 0 amide bonds. The lowest BCUT2D eigenvalue weighted by molar-refractivity contribution is -0.0979. The molecule has 1 aliphatic heterocycles. The zero-order valence-corrected chi connectivity index (χ0v) is 8.98. The van der Waals surface area contributed by atoms with Gasteiger partial charge in [-0.25, -0.2) is 0 Å². The van der Waals surface area contributed by atoms with Crippen LogP contribution in [0.2, 0.25) is 0 Å². The number of benzene rings is 1. The fourth-order valence-corrected chi connectivity index (χ4v) is 1.71. The largest absolute Gasteiger partial charge is 0.314 e. The zero-order valence-electron chi connectivity index (χ0n) is 8.98. The molecule has 0 atom stereocenters. The molecule has 3 heteroatoms. The first-order valence-electron chi connectivity index (χ1n) is 5.21. The number of carbonyl (C=O) groups excluding carboxylic acids is 1. The molecule has 1 aromatic carbocycles. The maximum atomic E-state index is 8.00. The Morgan fingerprint density at radius 1 is 1.13 bits per heavy atom. The Hall–Kier alpha value is -1.19. The highest BCUT2D eigenvalue weighted by atomic mass is 16.1. The summed E-state index contributed by atoms with van der Waals surface area (Å²) in [5, 5.41) is 3.36. The van der Waals surface area contributed by atoms with Gasteiger partial charge in [-0.2, -0.15) is 0 Å². The van der Waals surface area contributed by atoms with Gasteiger partial charge in [0.1, 0.15) is 6.79 Å². The van der Waals surface area contributed by atoms with Crippen LogP contribution in [0.1, 0.15) is 5.56 Å². The van der Waals surface area contributed by atoms with E-state index in [9.17, 15) is 0 Å². The SMILES string of the molecule is C=O.c1ccc(CN2CCNCC2)cc1. The van der Waals surface area contributed by atoms with Crippen molar-refractivity contribution in [2.45, 2.75) is 6.54 Å². The lowest BCUT2D eigenvalue weighted by atomic mass is 10.2. The monoisotopic (exact) mass is 206 g/mol. The molecule has 1 N–H and O–H groups in total. The molecule has 1 fully saturated rings. The summed E-state index contributed by atoms with van der Waals surface area (Å²) in [6, 6.07) is 10.7. The molecular formula is C12H18N2O. The molecule has 15 heavy (non-hydrogen) atoms. The van der Waals surface area contributed by atoms with E-state index in [0.29, 0.717) is 0 Å². The molecule has 0 bridgehead atoms. The number of nitrogens with zero attached hydrogens (tertiary/aromatic N) is 1. The first-order chi connectivity index (χ1) is 7.45. The summed E-state index contributed by atoms with van der Waals surface area (Å²) in [6.45, 7) is 7.71. The highest BCUT2D eigenvalue weighted by Gasteiger charge is 2.08. The van der Waals surface area contributed by atoms with Crippen molar-refractivity contribution in [3.63, 3.8) is 0 Å². The first kappa shape index (κ1) is 11.9. The number of carbonyl (C=O) groups is 1. The van der Waals surface area contributed by atoms with Crippen molar-refractivity contribution in [1.82, 2.24) is 10.2 Å². The minimum atomic E-state index is 1.10. The van der Waals surface area contributed by atoms with Crippen LogP contribution >= 0.6 is 0 Å². The smallest absolute Gasteiger partial charge is 0.106 e. The predicted molar refractivity (Wildman–Crippen MR) is 61.7 cm³/mol. The van der Waals surface area contributed by atoms with Gasteiger partial charge in [-0.1, -0.05) is 30.3 Å². The quantitative estimate of drug-likeness (QED) is 0.780. The van der Waals surface area contributed by atoms with Gasteiger partial charge in [-0.15, -0.1) is 0 Å². The van der Waals surface area contributed by atoms with Crippen LogP contribution in [-0.2, 0) is 11.3 Å². The van der Waals surface area contributed by atoms with Gasteiger partial charge in [-0.05, 0) is 5.56 Å². The van der Waals surface area contributed by atoms with Crippen molar-refractivity contribution in [1.29, 1.82) is 0 Å². The van der Waals surface area contributed by atoms with Crippen LogP contribution in [0.15, 0.2) is 30.3 Å². The van der Waals surface area contributed by atoms with Gasteiger partial charge in [0, 0.05) is 32.7 Å². The zero-order chi connectivity index (χ0) is 10.9. The van der Waals surface area contributed by atoms with E-state index >= 15 is 0 Å². The number of rotatable bonds is 2. The van der Waals surface area contributed by atoms with Gasteiger partial charge in [0.2, 0.25) is 0 Å². The summed E-state index contributed by atoms with van der Waals surface area (Å²) in [4.78, 5) is 10.5. The van der Waals surface area contributed by atoms with E-state index in [-0.39, 0.29) is 0 Å². The Labute approximate surface area is 91.1 Å². The molecule has 0 unspecified atom stereocenters. The van der Waals surface area contributed by atoms with Crippen molar-refractivity contribution >= 4 is 6.79 Å². The number of hydrogen-bond acceptors (Lipinski definition) is 3. The highest BCUT2D eigenvalue weighted by Crippen LogP contribution is 2.04. The fraction of sp³-hybridized carbons (Fsp3) is 0.417. The summed E-state index contributed by atoms with van der Waals surface area (Å²) in [5.41, 5.74) is 1.42. The summed E-state index contributed by atoms with van der Waals surface area (Å²) in [5.74, 6) is 0. The molecule has 1 aromatic rings. The second-order valence-electron chi connectivity index (χ2n) is 3.51. The third-order valence-corrected chi connectivity index (χ3v) is 2.46. The van der Waals surface area contributed by atoms with Crippen LogP contribution in [0, 0.1) is 0 Å². The van der Waals surface area contributed by atoms with Crippen molar-refractivity contribution < 1.29 is 4.79 Å². The van der Waals surface area contributed by atoms with Crippen LogP contribution < -0.4 is 5.32 Å². The summed E-state index contributed by atoms with van der Waals surface area (Å²) in [6.07, 6.45) is 0. The van der Waals surface area contributed by atoms with Crippen LogP contribution in [0.5, 0.6) is 0 Å². The normalized spacial score (nSPS) is 16.5. The van der Waals surface area contributed by atoms with E-state index in [1.807, 2.05) is 6.79 Å². The minimum Gasteiger partial charge on any atom is -0.314 e. The molecule has 1 heterocycles. The Morgan fingerprint density at radius 2 is 1.73 bits per heavy atom. The van der Waals surface area contributed by atoms with Crippen molar-refractivity contribution in [2.75, 3.05) is 26.2 Å². The molecule has 2 rings (SSSR count). The summed E-state index contributed by atoms with van der Waals surface area (Å²) in [7, 11) is 0. The van der Waals surface area contributed by atoms with E-state index < -0.39 is 0 Å². The molecule has 0 aromatic heterocycles. The average molecular weight is 206 g/mol. The third-order valence-electron chi connectivity index (χ3n) is 2.46. The molecule has 0 aliphatic carbocycles. The van der Waals surface area contributed by atoms with E-state index in [2.05, 4.69) is 40.5 Å². The van der Waals surface area contributed by atoms with Crippen LogP contribution in [-0.4, -0.2) is 37.9 Å². The fourth-order valence-electron chi connectivity index (χ4n) is 1.71. The molecule has 1 saturated heterocycles. The molecular weight excluding hydrogens is 188 g/mol. The van der Waals surface area contributed by atoms with E-state index in [1.54, 1.807) is 0 Å². The minimum absolute atomic E-state index is 1.10. The first-order valence-corrected chi connectivity index (χ1v) is 5.21. The van der Waals surface area contributed by atoms with Crippen LogP contribution in [0.3, 0.4) is 0 Å². The molecule has 0 spiro atoms. The van der Waals surface area contributed by atoms with Gasteiger partial charge in [0.15, 0.2) is 0 Å². The van der Waals surface area contributed by atoms with Gasteiger partial charge >= 0.3 is 0 Å². The number of hydrogen-bond donors (Lipinski definition) is 1. The number of nitrogens with one attached hydrogen (secondary N) is 1. The topological polar surface area (TPSA) is 32.3 Å². The summed E-state index contributed by atoms with van der Waals surface area (Å²) < 4.78 is 0. The lowest BCUT2D eigenvalue weighted by Crippen LogP contribution is -2.42. The van der Waals surface area contributed by atoms with Crippen molar-refractivity contribution in [3.05, 3.63) is 35.9 Å². The maximum absolute atomic E-state index is 8.00. The van der Waals surface area contributed by atoms with Crippen molar-refractivity contribution in [3.8, 4) is 0 Å². The van der Waals surface area contributed by atoms with Crippen LogP contribution in [0.4, 0.5) is 0 Å². The van der Waals surface area contributed by atoms with Gasteiger partial charge in [0.25, 0.3) is 0 Å². The number of piperazine rings is 1. The van der Waals surface area contributed by atoms with Gasteiger partial charge in [0.05, 0.1) is 0 Å². The third kappa shape index (κ3) is 4.23. The Balaban J connectivity index is 0.000000531. The second kappa shape index (κ2) is 7.15. The molecule has 82 valence electrons. The van der Waals surface area contributed by atoms with E-state index in [0.717, 1.165) is 19.6 Å².